The molecule has 2 N–H and O–H groups in total. The highest BCUT2D eigenvalue weighted by Gasteiger charge is 2.33. The number of carboxylic acids is 1. The molecule has 0 bridgehead atoms. The van der Waals surface area contributed by atoms with Gasteiger partial charge in [-0.3, -0.25) is 9.78 Å². The van der Waals surface area contributed by atoms with Gasteiger partial charge in [0.2, 0.25) is 0 Å². The molecule has 4 aromatic rings. The van der Waals surface area contributed by atoms with E-state index < -0.39 is 17.7 Å². The van der Waals surface area contributed by atoms with Crippen molar-refractivity contribution in [2.75, 3.05) is 13.7 Å². The molecule has 8 heteroatoms. The van der Waals surface area contributed by atoms with Crippen molar-refractivity contribution in [1.82, 2.24) is 15.3 Å². The quantitative estimate of drug-likeness (QED) is 0.398. The zero-order valence-electron chi connectivity index (χ0n) is 21.5. The molecule has 2 aromatic heterocycles. The van der Waals surface area contributed by atoms with Gasteiger partial charge in [0.15, 0.2) is 6.10 Å². The summed E-state index contributed by atoms with van der Waals surface area (Å²) in [5.41, 5.74) is 4.64. The number of nitrogens with one attached hydrogen (secondary N) is 1. The van der Waals surface area contributed by atoms with Crippen molar-refractivity contribution in [2.24, 2.45) is 0 Å². The average Bonchev–Trinajstić information content (AvgIpc) is 2.86. The average molecular weight is 500 g/mol. The minimum absolute atomic E-state index is 0.275. The third kappa shape index (κ3) is 4.38. The Hall–Kier alpha value is -4.04. The molecule has 1 aliphatic heterocycles. The zero-order chi connectivity index (χ0) is 26.5. The number of aromatic nitrogens is 2. The van der Waals surface area contributed by atoms with E-state index in [9.17, 15) is 14.7 Å². The molecule has 0 aliphatic carbocycles. The van der Waals surface area contributed by atoms with Gasteiger partial charge >= 0.3 is 5.97 Å². The Kier molecular flexibility index (Phi) is 6.07. The van der Waals surface area contributed by atoms with Crippen molar-refractivity contribution in [3.05, 3.63) is 65.0 Å². The van der Waals surface area contributed by atoms with Crippen LogP contribution >= 0.6 is 0 Å². The first-order valence-electron chi connectivity index (χ1n) is 12.2. The van der Waals surface area contributed by atoms with Crippen molar-refractivity contribution in [1.29, 1.82) is 0 Å². The second-order valence-corrected chi connectivity index (χ2v) is 10.2. The van der Waals surface area contributed by atoms with E-state index in [1.54, 1.807) is 19.3 Å². The number of carbonyl (C=O) groups is 2. The van der Waals surface area contributed by atoms with Gasteiger partial charge in [0.05, 0.1) is 23.2 Å². The maximum Gasteiger partial charge on any atom is 0.337 e. The lowest BCUT2D eigenvalue weighted by molar-refractivity contribution is -0.160. The van der Waals surface area contributed by atoms with Gasteiger partial charge in [-0.25, -0.2) is 9.78 Å². The number of rotatable bonds is 5. The predicted octanol–water partition coefficient (Wildman–Crippen LogP) is 4.99. The van der Waals surface area contributed by atoms with Crippen LogP contribution in [0, 0.1) is 6.92 Å². The fraction of sp³-hybridized carbons (Fsp3) is 0.310. The fourth-order valence-corrected chi connectivity index (χ4v) is 4.99. The molecule has 1 atom stereocenters. The number of aliphatic carboxylic acids is 1. The Morgan fingerprint density at radius 3 is 2.65 bits per heavy atom. The second kappa shape index (κ2) is 9.12. The third-order valence-corrected chi connectivity index (χ3v) is 6.50. The maximum atomic E-state index is 12.6. The number of hydrogen-bond acceptors (Lipinski definition) is 6. The Labute approximate surface area is 214 Å². The van der Waals surface area contributed by atoms with Gasteiger partial charge in [-0.15, -0.1) is 0 Å². The van der Waals surface area contributed by atoms with E-state index in [1.165, 1.54) is 0 Å². The Bertz CT molecular complexity index is 1560. The summed E-state index contributed by atoms with van der Waals surface area (Å²) in [6.07, 6.45) is 1.30. The molecular weight excluding hydrogens is 470 g/mol. The van der Waals surface area contributed by atoms with Crippen molar-refractivity contribution in [2.45, 2.75) is 45.8 Å². The number of fused-ring (bicyclic) bond motifs is 1. The molecule has 190 valence electrons. The van der Waals surface area contributed by atoms with E-state index in [2.05, 4.69) is 10.3 Å². The standard InChI is InChI=1S/C29H29N3O5/c1-15-14-20-17(6-8-19(32-20)27(33)30-5)24(22(15)26(28(34)35)37-29(2,3)4)18-7-9-21-23-16(11-13-36-21)10-12-31-25(18)23/h6-10,12,14,26H,11,13H2,1-5H3,(H,30,33)(H,34,35). The van der Waals surface area contributed by atoms with Crippen LogP contribution in [0.2, 0.25) is 0 Å². The van der Waals surface area contributed by atoms with Crippen molar-refractivity contribution in [3.63, 3.8) is 0 Å². The number of pyridine rings is 2. The fourth-order valence-electron chi connectivity index (χ4n) is 4.99. The van der Waals surface area contributed by atoms with Gasteiger partial charge in [-0.2, -0.15) is 0 Å². The molecule has 0 saturated carbocycles. The van der Waals surface area contributed by atoms with Crippen LogP contribution in [-0.2, 0) is 16.0 Å². The highest BCUT2D eigenvalue weighted by Crippen LogP contribution is 2.44. The lowest BCUT2D eigenvalue weighted by atomic mass is 9.86. The van der Waals surface area contributed by atoms with E-state index in [-0.39, 0.29) is 11.6 Å². The summed E-state index contributed by atoms with van der Waals surface area (Å²) in [6.45, 7) is 7.93. The van der Waals surface area contributed by atoms with E-state index >= 15 is 0 Å². The molecule has 37 heavy (non-hydrogen) atoms. The van der Waals surface area contributed by atoms with E-state index in [0.717, 1.165) is 34.2 Å². The van der Waals surface area contributed by atoms with Crippen molar-refractivity contribution in [3.8, 4) is 16.9 Å². The number of amides is 1. The smallest absolute Gasteiger partial charge is 0.337 e. The monoisotopic (exact) mass is 499 g/mol. The van der Waals surface area contributed by atoms with Gasteiger partial charge in [0, 0.05) is 41.6 Å². The van der Waals surface area contributed by atoms with Gasteiger partial charge in [0.1, 0.15) is 11.4 Å². The SMILES string of the molecule is CNC(=O)c1ccc2c(-c3ccc4c5c(ccnc35)CCO4)c(C(OC(C)(C)C)C(=O)O)c(C)cc2n1. The van der Waals surface area contributed by atoms with Crippen molar-refractivity contribution >= 4 is 33.7 Å². The van der Waals surface area contributed by atoms with Gasteiger partial charge in [0.25, 0.3) is 5.91 Å². The Morgan fingerprint density at radius 1 is 1.16 bits per heavy atom. The number of ether oxygens (including phenoxy) is 2. The van der Waals surface area contributed by atoms with E-state index in [1.807, 2.05) is 58.0 Å². The molecule has 8 nitrogen and oxygen atoms in total. The Morgan fingerprint density at radius 2 is 1.95 bits per heavy atom. The minimum atomic E-state index is -1.24. The van der Waals surface area contributed by atoms with Crippen LogP contribution in [0.5, 0.6) is 5.75 Å². The molecule has 3 heterocycles. The first-order chi connectivity index (χ1) is 17.6. The lowest BCUT2D eigenvalue weighted by Crippen LogP contribution is -2.28. The van der Waals surface area contributed by atoms with Crippen LogP contribution in [0.15, 0.2) is 42.6 Å². The van der Waals surface area contributed by atoms with E-state index in [4.69, 9.17) is 14.5 Å². The third-order valence-electron chi connectivity index (χ3n) is 6.50. The van der Waals surface area contributed by atoms with Crippen LogP contribution < -0.4 is 10.1 Å². The molecule has 1 aliphatic rings. The molecule has 1 unspecified atom stereocenters. The number of benzene rings is 2. The molecule has 0 radical (unpaired) electrons. The van der Waals surface area contributed by atoms with Gasteiger partial charge < -0.3 is 19.9 Å². The lowest BCUT2D eigenvalue weighted by Gasteiger charge is -2.29. The maximum absolute atomic E-state index is 12.6. The predicted molar refractivity (Wildman–Crippen MR) is 141 cm³/mol. The molecular formula is C29H29N3O5. The molecule has 2 aromatic carbocycles. The van der Waals surface area contributed by atoms with Crippen LogP contribution in [-0.4, -0.2) is 46.2 Å². The summed E-state index contributed by atoms with van der Waals surface area (Å²) in [6, 6.07) is 11.1. The first kappa shape index (κ1) is 24.6. The summed E-state index contributed by atoms with van der Waals surface area (Å²) in [5.74, 6) is -0.634. The largest absolute Gasteiger partial charge is 0.493 e. The molecule has 5 rings (SSSR count). The van der Waals surface area contributed by atoms with E-state index in [0.29, 0.717) is 34.2 Å². The zero-order valence-corrected chi connectivity index (χ0v) is 21.5. The molecule has 1 amide bonds. The topological polar surface area (TPSA) is 111 Å². The number of carbonyl (C=O) groups excluding carboxylic acids is 1. The first-order valence-corrected chi connectivity index (χ1v) is 12.2. The number of nitrogens with zero attached hydrogens (tertiary/aromatic N) is 2. The Balaban J connectivity index is 1.90. The van der Waals surface area contributed by atoms with Crippen LogP contribution in [0.3, 0.4) is 0 Å². The van der Waals surface area contributed by atoms with Gasteiger partial charge in [-0.05, 0) is 80.8 Å². The normalized spacial score (nSPS) is 13.9. The summed E-state index contributed by atoms with van der Waals surface area (Å²) in [7, 11) is 1.55. The van der Waals surface area contributed by atoms with Crippen molar-refractivity contribution < 1.29 is 24.2 Å². The molecule has 0 spiro atoms. The van der Waals surface area contributed by atoms with Crippen LogP contribution in [0.4, 0.5) is 0 Å². The molecule has 0 fully saturated rings. The summed E-state index contributed by atoms with van der Waals surface area (Å²) in [5, 5.41) is 14.6. The summed E-state index contributed by atoms with van der Waals surface area (Å²) >= 11 is 0. The minimum Gasteiger partial charge on any atom is -0.493 e. The summed E-state index contributed by atoms with van der Waals surface area (Å²) < 4.78 is 12.0. The molecule has 0 saturated heterocycles. The summed E-state index contributed by atoms with van der Waals surface area (Å²) in [4.78, 5) is 34.3. The number of hydrogen-bond donors (Lipinski definition) is 2. The second-order valence-electron chi connectivity index (χ2n) is 10.2. The highest BCUT2D eigenvalue weighted by atomic mass is 16.5. The highest BCUT2D eigenvalue weighted by molar-refractivity contribution is 6.08. The number of aryl methyl sites for hydroxylation is 1. The number of carboxylic acid groups (broad SMARTS) is 1. The van der Waals surface area contributed by atoms with Gasteiger partial charge in [-0.1, -0.05) is 0 Å². The van der Waals surface area contributed by atoms with Crippen LogP contribution in [0.1, 0.15) is 54.1 Å². The van der Waals surface area contributed by atoms with Crippen LogP contribution in [0.25, 0.3) is 32.9 Å².